The van der Waals surface area contributed by atoms with Crippen molar-refractivity contribution < 1.29 is 57.0 Å². The number of carbonyl (C=O) groups is 6. The summed E-state index contributed by atoms with van der Waals surface area (Å²) in [5, 5.41) is 23.1. The van der Waals surface area contributed by atoms with Crippen LogP contribution in [-0.2, 0) is 47.1 Å². The van der Waals surface area contributed by atoms with Crippen LogP contribution < -0.4 is 26.6 Å². The van der Waals surface area contributed by atoms with Gasteiger partial charge in [-0.1, -0.05) is 77.0 Å². The summed E-state index contributed by atoms with van der Waals surface area (Å²) >= 11 is 0. The van der Waals surface area contributed by atoms with Gasteiger partial charge >= 0.3 is 25.6 Å². The van der Waals surface area contributed by atoms with Gasteiger partial charge in [0, 0.05) is 25.9 Å². The maximum atomic E-state index is 13.4. The summed E-state index contributed by atoms with van der Waals surface area (Å²) in [6.07, 6.45) is 18.1. The van der Waals surface area contributed by atoms with E-state index in [0.29, 0.717) is 57.8 Å². The number of amides is 4. The number of hydrogen-bond acceptors (Lipinski definition) is 12. The first kappa shape index (κ1) is 66.7. The van der Waals surface area contributed by atoms with E-state index in [1.807, 2.05) is 41.5 Å². The highest BCUT2D eigenvalue weighted by molar-refractivity contribution is 7.53. The number of carboxylic acid groups (broad SMARTS) is 1. The van der Waals surface area contributed by atoms with E-state index in [2.05, 4.69) is 26.6 Å². The minimum absolute atomic E-state index is 0.00959. The molecule has 0 aromatic heterocycles. The molecule has 0 aromatic carbocycles. The van der Waals surface area contributed by atoms with Gasteiger partial charge in [0.15, 0.2) is 0 Å². The van der Waals surface area contributed by atoms with E-state index in [4.69, 9.17) is 18.5 Å². The molecule has 0 saturated heterocycles. The number of unbranched alkanes of at least 4 members (excludes halogenated alkanes) is 15. The van der Waals surface area contributed by atoms with Crippen LogP contribution in [0.2, 0.25) is 0 Å². The van der Waals surface area contributed by atoms with Gasteiger partial charge in [-0.2, -0.15) is 0 Å². The van der Waals surface area contributed by atoms with Gasteiger partial charge in [0.1, 0.15) is 29.3 Å². The van der Waals surface area contributed by atoms with Crippen molar-refractivity contribution in [2.24, 2.45) is 0 Å². The predicted molar refractivity (Wildman–Crippen MR) is 278 cm³/mol. The fourth-order valence-corrected chi connectivity index (χ4v) is 10.0. The third-order valence-electron chi connectivity index (χ3n) is 10.7. The molecule has 0 saturated carbocycles. The fraction of sp³-hybridized carbons (Fsp3) is 0.885. The van der Waals surface area contributed by atoms with Crippen LogP contribution in [-0.4, -0.2) is 108 Å². The minimum Gasteiger partial charge on any atom is -0.480 e. The smallest absolute Gasteiger partial charge is 0.408 e. The van der Waals surface area contributed by atoms with Crippen LogP contribution in [0.3, 0.4) is 0 Å². The van der Waals surface area contributed by atoms with Crippen molar-refractivity contribution in [2.75, 3.05) is 26.3 Å². The molecule has 0 heterocycles. The van der Waals surface area contributed by atoms with Gasteiger partial charge in [-0.15, -0.1) is 0 Å². The minimum atomic E-state index is -3.16. The van der Waals surface area contributed by atoms with Gasteiger partial charge in [-0.25, -0.2) is 9.59 Å². The molecule has 70 heavy (non-hydrogen) atoms. The van der Waals surface area contributed by atoms with Crippen LogP contribution in [0.25, 0.3) is 0 Å². The van der Waals surface area contributed by atoms with Crippen molar-refractivity contribution in [1.29, 1.82) is 0 Å². The number of rotatable bonds is 38. The van der Waals surface area contributed by atoms with Gasteiger partial charge in [0.05, 0.1) is 17.4 Å². The van der Waals surface area contributed by atoms with Gasteiger partial charge in [-0.3, -0.25) is 23.7 Å². The normalized spacial score (nSPS) is 13.7. The van der Waals surface area contributed by atoms with Crippen molar-refractivity contribution in [3.05, 3.63) is 0 Å². The Morgan fingerprint density at radius 2 is 0.914 bits per heavy atom. The molecule has 4 amide bonds. The molecule has 3 atom stereocenters. The van der Waals surface area contributed by atoms with Gasteiger partial charge < -0.3 is 50.2 Å². The summed E-state index contributed by atoms with van der Waals surface area (Å²) in [7, 11) is -1.57. The molecule has 0 rings (SSSR count). The quantitative estimate of drug-likeness (QED) is 0.0192. The highest BCUT2D eigenvalue weighted by Crippen LogP contribution is 2.55. The van der Waals surface area contributed by atoms with Crippen molar-refractivity contribution in [3.8, 4) is 0 Å². The number of carbonyl (C=O) groups excluding carboxylic acids is 5. The summed E-state index contributed by atoms with van der Waals surface area (Å²) in [6.45, 7) is 22.5. The van der Waals surface area contributed by atoms with Crippen molar-refractivity contribution in [1.82, 2.24) is 26.6 Å². The first-order valence-electron chi connectivity index (χ1n) is 26.4. The molecule has 0 fully saturated rings. The highest BCUT2D eigenvalue weighted by atomic mass is 31.2. The molecule has 0 aliphatic carbocycles. The van der Waals surface area contributed by atoms with E-state index < -0.39 is 66.2 Å². The van der Waals surface area contributed by atoms with Gasteiger partial charge in [-0.05, 0) is 148 Å². The topological polar surface area (TPSA) is 237 Å². The summed E-state index contributed by atoms with van der Waals surface area (Å²) in [4.78, 5) is 75.7. The van der Waals surface area contributed by atoms with Crippen LogP contribution in [0.4, 0.5) is 4.79 Å². The zero-order chi connectivity index (χ0) is 53.4. The SMILES string of the molecule is CN[C@@H](CCCCNC(=O)[C@H](CCCCNC(=O)CC[C@H](NC(=O)CCCCCCCCCCCCCCCCP(=O)(OC(C)(C)C)OC(C)(C)C)C(=O)OC(C)(C)C)NC(=O)OC(C)(C)C)C(=O)O. The zero-order valence-electron chi connectivity index (χ0n) is 46.0. The second-order valence-corrected chi connectivity index (χ2v) is 24.7. The highest BCUT2D eigenvalue weighted by Gasteiger charge is 2.35. The van der Waals surface area contributed by atoms with Crippen LogP contribution in [0, 0.1) is 0 Å². The number of alkyl carbamates (subject to hydrolysis) is 1. The number of likely N-dealkylation sites (N-methyl/N-ethyl adjacent to an activating group) is 1. The molecule has 18 heteroatoms. The Labute approximate surface area is 423 Å². The molecule has 0 radical (unpaired) electrons. The lowest BCUT2D eigenvalue weighted by molar-refractivity contribution is -0.159. The monoisotopic (exact) mass is 1020 g/mol. The molecule has 17 nitrogen and oxygen atoms in total. The Balaban J connectivity index is 4.59. The molecular weight excluding hydrogens is 918 g/mol. The first-order chi connectivity index (χ1) is 32.4. The number of carboxylic acids is 1. The van der Waals surface area contributed by atoms with E-state index >= 15 is 0 Å². The predicted octanol–water partition coefficient (Wildman–Crippen LogP) is 10.4. The Morgan fingerprint density at radius 3 is 1.36 bits per heavy atom. The largest absolute Gasteiger partial charge is 0.480 e. The fourth-order valence-electron chi connectivity index (χ4n) is 7.53. The van der Waals surface area contributed by atoms with Gasteiger partial charge in [0.2, 0.25) is 17.7 Å². The van der Waals surface area contributed by atoms with E-state index in [0.717, 1.165) is 38.5 Å². The van der Waals surface area contributed by atoms with Crippen LogP contribution in [0.15, 0.2) is 0 Å². The maximum Gasteiger partial charge on any atom is 0.408 e. The molecule has 410 valence electrons. The summed E-state index contributed by atoms with van der Waals surface area (Å²) < 4.78 is 36.1. The van der Waals surface area contributed by atoms with Crippen LogP contribution in [0.5, 0.6) is 0 Å². The molecule has 0 spiro atoms. The van der Waals surface area contributed by atoms with Crippen LogP contribution >= 0.6 is 7.60 Å². The second-order valence-electron chi connectivity index (χ2n) is 22.6. The third kappa shape index (κ3) is 39.4. The standard InChI is InChI=1S/C52H100N5O12P/c1-49(2,3)66-47(63)42(35-36-43(58)54-37-29-27-32-40(57-48(64)67-50(4,5)6)45(60)55-38-30-28-33-41(53-13)46(61)62)56-44(59)34-26-24-22-20-18-16-14-15-17-19-21-23-25-31-39-70(65,68-51(7,8)9)69-52(10,11)12/h40-42,53H,14-39H2,1-13H3,(H,54,58)(H,55,60)(H,56,59)(H,57,64)(H,61,62)/t40-,41-,42-/m0/s1. The van der Waals surface area contributed by atoms with E-state index in [9.17, 15) is 38.4 Å². The number of hydrogen-bond donors (Lipinski definition) is 6. The summed E-state index contributed by atoms with van der Waals surface area (Å²) in [5.41, 5.74) is -2.57. The third-order valence-corrected chi connectivity index (χ3v) is 13.2. The van der Waals surface area contributed by atoms with E-state index in [-0.39, 0.29) is 43.4 Å². The molecular formula is C52H100N5O12P. The Bertz CT molecular complexity index is 1550. The van der Waals surface area contributed by atoms with E-state index in [1.54, 1.807) is 48.6 Å². The molecule has 6 N–H and O–H groups in total. The first-order valence-corrected chi connectivity index (χ1v) is 28.1. The molecule has 0 aliphatic rings. The average molecular weight is 1020 g/mol. The summed E-state index contributed by atoms with van der Waals surface area (Å²) in [5.74, 6) is -2.45. The van der Waals surface area contributed by atoms with Crippen molar-refractivity contribution >= 4 is 43.3 Å². The Kier molecular flexibility index (Phi) is 33.3. The number of aliphatic carboxylic acids is 1. The Hall–Kier alpha value is -3.27. The van der Waals surface area contributed by atoms with Gasteiger partial charge in [0.25, 0.3) is 0 Å². The zero-order valence-corrected chi connectivity index (χ0v) is 46.9. The average Bonchev–Trinajstić information content (AvgIpc) is 3.19. The van der Waals surface area contributed by atoms with Crippen LogP contribution in [0.1, 0.15) is 231 Å². The van der Waals surface area contributed by atoms with E-state index in [1.165, 1.54) is 44.9 Å². The Morgan fingerprint density at radius 1 is 0.471 bits per heavy atom. The molecule has 0 aliphatic heterocycles. The molecule has 0 unspecified atom stereocenters. The second kappa shape index (κ2) is 35.0. The van der Waals surface area contributed by atoms with Crippen molar-refractivity contribution in [2.45, 2.75) is 271 Å². The lowest BCUT2D eigenvalue weighted by atomic mass is 10.0. The summed E-state index contributed by atoms with van der Waals surface area (Å²) in [6, 6.07) is -2.51. The van der Waals surface area contributed by atoms with Crippen molar-refractivity contribution in [3.63, 3.8) is 0 Å². The number of esters is 1. The number of nitrogens with one attached hydrogen (secondary N) is 5. The maximum absolute atomic E-state index is 13.4. The lowest BCUT2D eigenvalue weighted by Crippen LogP contribution is -2.48. The molecule has 0 bridgehead atoms. The lowest BCUT2D eigenvalue weighted by Gasteiger charge is -2.32. The number of ether oxygens (including phenoxy) is 2. The molecule has 0 aromatic rings.